The Morgan fingerprint density at radius 1 is 1.47 bits per heavy atom. The molecule has 1 heterocycles. The lowest BCUT2D eigenvalue weighted by Gasteiger charge is -2.33. The van der Waals surface area contributed by atoms with Gasteiger partial charge < -0.3 is 10.2 Å². The van der Waals surface area contributed by atoms with Gasteiger partial charge in [-0.25, -0.2) is 8.78 Å². The maximum Gasteiger partial charge on any atom is 0.250 e. The highest BCUT2D eigenvalue weighted by atomic mass is 19.3. The van der Waals surface area contributed by atoms with E-state index in [0.29, 0.717) is 18.9 Å². The van der Waals surface area contributed by atoms with Crippen LogP contribution in [0, 0.1) is 5.92 Å². The van der Waals surface area contributed by atoms with Gasteiger partial charge in [-0.05, 0) is 18.8 Å². The molecule has 1 atom stereocenters. The number of nitrogens with one attached hydrogen (secondary N) is 1. The Hall–Kier alpha value is -0.710. The summed E-state index contributed by atoms with van der Waals surface area (Å²) in [6.07, 6.45) is -0.0125. The van der Waals surface area contributed by atoms with Gasteiger partial charge in [-0.15, -0.1) is 0 Å². The average molecular weight is 248 g/mol. The number of amides is 1. The average Bonchev–Trinajstić information content (AvgIpc) is 2.26. The molecule has 0 aromatic heterocycles. The molecule has 1 rings (SSSR count). The quantitative estimate of drug-likeness (QED) is 0.805. The van der Waals surface area contributed by atoms with Crippen LogP contribution in [0.4, 0.5) is 8.78 Å². The van der Waals surface area contributed by atoms with E-state index >= 15 is 0 Å². The van der Waals surface area contributed by atoms with Crippen LogP contribution in [0.15, 0.2) is 0 Å². The van der Waals surface area contributed by atoms with E-state index in [9.17, 15) is 13.6 Å². The summed E-state index contributed by atoms with van der Waals surface area (Å²) < 4.78 is 24.1. The van der Waals surface area contributed by atoms with Crippen molar-refractivity contribution in [2.75, 3.05) is 19.6 Å². The molecule has 1 N–H and O–H groups in total. The van der Waals surface area contributed by atoms with Crippen molar-refractivity contribution in [2.24, 2.45) is 5.92 Å². The first-order chi connectivity index (χ1) is 7.99. The van der Waals surface area contributed by atoms with Crippen LogP contribution < -0.4 is 5.32 Å². The summed E-state index contributed by atoms with van der Waals surface area (Å²) in [4.78, 5) is 13.6. The van der Waals surface area contributed by atoms with E-state index in [1.165, 1.54) is 0 Å². The number of piperidine rings is 1. The minimum atomic E-state index is -2.32. The Bertz CT molecular complexity index is 247. The summed E-state index contributed by atoms with van der Waals surface area (Å²) in [6, 6.07) is 0.0221. The van der Waals surface area contributed by atoms with E-state index in [1.54, 1.807) is 4.90 Å². The van der Waals surface area contributed by atoms with Crippen molar-refractivity contribution in [3.63, 3.8) is 0 Å². The third-order valence-corrected chi connectivity index (χ3v) is 2.92. The lowest BCUT2D eigenvalue weighted by atomic mass is 10.0. The van der Waals surface area contributed by atoms with Gasteiger partial charge in [0.25, 0.3) is 6.43 Å². The smallest absolute Gasteiger partial charge is 0.250 e. The van der Waals surface area contributed by atoms with E-state index in [-0.39, 0.29) is 18.5 Å². The molecule has 3 nitrogen and oxygen atoms in total. The van der Waals surface area contributed by atoms with Crippen LogP contribution in [0.2, 0.25) is 0 Å². The van der Waals surface area contributed by atoms with Gasteiger partial charge in [0.1, 0.15) is 0 Å². The molecule has 0 aliphatic carbocycles. The second-order valence-electron chi connectivity index (χ2n) is 5.08. The molecule has 100 valence electrons. The highest BCUT2D eigenvalue weighted by Gasteiger charge is 2.24. The van der Waals surface area contributed by atoms with Gasteiger partial charge in [-0.2, -0.15) is 0 Å². The van der Waals surface area contributed by atoms with E-state index in [2.05, 4.69) is 5.32 Å². The SMILES string of the molecule is CC(C)CC(=O)N1CCCC(NCC(F)F)C1. The van der Waals surface area contributed by atoms with Crippen molar-refractivity contribution in [3.05, 3.63) is 0 Å². The molecule has 1 aliphatic rings. The molecule has 0 aromatic rings. The number of carbonyl (C=O) groups is 1. The first-order valence-electron chi connectivity index (χ1n) is 6.28. The maximum absolute atomic E-state index is 12.1. The summed E-state index contributed by atoms with van der Waals surface area (Å²) in [6.45, 7) is 5.07. The van der Waals surface area contributed by atoms with Crippen LogP contribution in [0.1, 0.15) is 33.1 Å². The van der Waals surface area contributed by atoms with Crippen molar-refractivity contribution in [3.8, 4) is 0 Å². The summed E-state index contributed by atoms with van der Waals surface area (Å²) in [5, 5.41) is 2.82. The molecule has 1 saturated heterocycles. The zero-order valence-electron chi connectivity index (χ0n) is 10.6. The highest BCUT2D eigenvalue weighted by molar-refractivity contribution is 5.76. The van der Waals surface area contributed by atoms with Gasteiger partial charge in [-0.3, -0.25) is 4.79 Å². The Balaban J connectivity index is 2.35. The molecule has 1 aliphatic heterocycles. The third-order valence-electron chi connectivity index (χ3n) is 2.92. The van der Waals surface area contributed by atoms with Crippen LogP contribution in [-0.2, 0) is 4.79 Å². The van der Waals surface area contributed by atoms with Crippen LogP contribution in [0.25, 0.3) is 0 Å². The molecular weight excluding hydrogens is 226 g/mol. The predicted octanol–water partition coefficient (Wildman–Crippen LogP) is 1.88. The monoisotopic (exact) mass is 248 g/mol. The summed E-state index contributed by atoms with van der Waals surface area (Å²) in [5.74, 6) is 0.487. The fraction of sp³-hybridized carbons (Fsp3) is 0.917. The van der Waals surface area contributed by atoms with Gasteiger partial charge in [0, 0.05) is 25.6 Å². The molecule has 0 radical (unpaired) electrons. The predicted molar refractivity (Wildman–Crippen MR) is 63.1 cm³/mol. The molecular formula is C12H22F2N2O. The van der Waals surface area contributed by atoms with Crippen molar-refractivity contribution in [1.82, 2.24) is 10.2 Å². The fourth-order valence-corrected chi connectivity index (χ4v) is 2.10. The van der Waals surface area contributed by atoms with E-state index in [4.69, 9.17) is 0 Å². The van der Waals surface area contributed by atoms with Crippen molar-refractivity contribution >= 4 is 5.91 Å². The van der Waals surface area contributed by atoms with Gasteiger partial charge in [0.2, 0.25) is 5.91 Å². The Labute approximate surface area is 102 Å². The molecule has 17 heavy (non-hydrogen) atoms. The van der Waals surface area contributed by atoms with E-state index < -0.39 is 6.43 Å². The maximum atomic E-state index is 12.1. The summed E-state index contributed by atoms with van der Waals surface area (Å²) >= 11 is 0. The second kappa shape index (κ2) is 6.89. The molecule has 1 unspecified atom stereocenters. The van der Waals surface area contributed by atoms with Crippen LogP contribution in [0.3, 0.4) is 0 Å². The van der Waals surface area contributed by atoms with Crippen LogP contribution in [-0.4, -0.2) is 42.9 Å². The van der Waals surface area contributed by atoms with Gasteiger partial charge in [-0.1, -0.05) is 13.8 Å². The number of likely N-dealkylation sites (tertiary alicyclic amines) is 1. The van der Waals surface area contributed by atoms with Crippen LogP contribution >= 0.6 is 0 Å². The summed E-state index contributed by atoms with van der Waals surface area (Å²) in [7, 11) is 0. The van der Waals surface area contributed by atoms with Crippen molar-refractivity contribution in [2.45, 2.75) is 45.6 Å². The molecule has 0 spiro atoms. The number of hydrogen-bond donors (Lipinski definition) is 1. The number of carbonyl (C=O) groups excluding carboxylic acids is 1. The number of alkyl halides is 2. The first-order valence-corrected chi connectivity index (χ1v) is 6.28. The number of nitrogens with zero attached hydrogens (tertiary/aromatic N) is 1. The molecule has 1 fully saturated rings. The lowest BCUT2D eigenvalue weighted by Crippen LogP contribution is -2.49. The van der Waals surface area contributed by atoms with Crippen LogP contribution in [0.5, 0.6) is 0 Å². The molecule has 0 saturated carbocycles. The van der Waals surface area contributed by atoms with Gasteiger partial charge in [0.05, 0.1) is 6.54 Å². The molecule has 0 bridgehead atoms. The number of halogens is 2. The van der Waals surface area contributed by atoms with E-state index in [1.807, 2.05) is 13.8 Å². The highest BCUT2D eigenvalue weighted by Crippen LogP contribution is 2.13. The van der Waals surface area contributed by atoms with Gasteiger partial charge in [0.15, 0.2) is 0 Å². The zero-order valence-corrected chi connectivity index (χ0v) is 10.6. The number of hydrogen-bond acceptors (Lipinski definition) is 2. The van der Waals surface area contributed by atoms with Crippen molar-refractivity contribution < 1.29 is 13.6 Å². The fourth-order valence-electron chi connectivity index (χ4n) is 2.10. The zero-order chi connectivity index (χ0) is 12.8. The van der Waals surface area contributed by atoms with E-state index in [0.717, 1.165) is 19.4 Å². The minimum absolute atomic E-state index is 0.0221. The first kappa shape index (κ1) is 14.4. The minimum Gasteiger partial charge on any atom is -0.341 e. The Morgan fingerprint density at radius 2 is 2.18 bits per heavy atom. The Kier molecular flexibility index (Phi) is 5.82. The number of rotatable bonds is 5. The normalized spacial score (nSPS) is 21.3. The Morgan fingerprint density at radius 3 is 2.76 bits per heavy atom. The third kappa shape index (κ3) is 5.44. The molecule has 5 heteroatoms. The second-order valence-corrected chi connectivity index (χ2v) is 5.08. The topological polar surface area (TPSA) is 32.3 Å². The summed E-state index contributed by atoms with van der Waals surface area (Å²) in [5.41, 5.74) is 0. The molecule has 1 amide bonds. The molecule has 0 aromatic carbocycles. The van der Waals surface area contributed by atoms with Gasteiger partial charge >= 0.3 is 0 Å². The standard InChI is InChI=1S/C12H22F2N2O/c1-9(2)6-12(17)16-5-3-4-10(8-16)15-7-11(13)14/h9-11,15H,3-8H2,1-2H3. The van der Waals surface area contributed by atoms with Crippen molar-refractivity contribution in [1.29, 1.82) is 0 Å². The largest absolute Gasteiger partial charge is 0.341 e. The lowest BCUT2D eigenvalue weighted by molar-refractivity contribution is -0.133.